The van der Waals surface area contributed by atoms with E-state index in [1.165, 1.54) is 11.8 Å². The highest BCUT2D eigenvalue weighted by Crippen LogP contribution is 2.21. The monoisotopic (exact) mass is 212 g/mol. The van der Waals surface area contributed by atoms with E-state index in [0.29, 0.717) is 4.90 Å². The van der Waals surface area contributed by atoms with Crippen LogP contribution in [-0.4, -0.2) is 14.7 Å². The van der Waals surface area contributed by atoms with E-state index in [1.54, 1.807) is 0 Å². The third kappa shape index (κ3) is 2.15. The maximum absolute atomic E-state index is 11.5. The first-order chi connectivity index (χ1) is 6.36. The summed E-state index contributed by atoms with van der Waals surface area (Å²) >= 11 is 0. The van der Waals surface area contributed by atoms with Crippen LogP contribution in [0.15, 0.2) is 17.0 Å². The van der Waals surface area contributed by atoms with E-state index in [1.807, 2.05) is 26.0 Å². The zero-order valence-electron chi connectivity index (χ0n) is 9.09. The van der Waals surface area contributed by atoms with Crippen LogP contribution in [0.2, 0.25) is 0 Å². The normalized spacial score (nSPS) is 11.7. The molecule has 0 fully saturated rings. The maximum Gasteiger partial charge on any atom is 0.176 e. The molecule has 0 heterocycles. The Labute approximate surface area is 85.9 Å². The van der Waals surface area contributed by atoms with Crippen molar-refractivity contribution in [3.8, 4) is 0 Å². The molecule has 0 aliphatic heterocycles. The average molecular weight is 212 g/mol. The summed E-state index contributed by atoms with van der Waals surface area (Å²) in [5.41, 5.74) is 2.89. The second kappa shape index (κ2) is 3.73. The van der Waals surface area contributed by atoms with Gasteiger partial charge >= 0.3 is 0 Å². The van der Waals surface area contributed by atoms with Gasteiger partial charge in [0, 0.05) is 6.26 Å². The second-order valence-corrected chi connectivity index (χ2v) is 5.64. The fourth-order valence-electron chi connectivity index (χ4n) is 1.83. The average Bonchev–Trinajstić information content (AvgIpc) is 1.99. The van der Waals surface area contributed by atoms with Gasteiger partial charge in [0.25, 0.3) is 0 Å². The summed E-state index contributed by atoms with van der Waals surface area (Å²) in [5, 5.41) is 0. The highest BCUT2D eigenvalue weighted by molar-refractivity contribution is 7.90. The van der Waals surface area contributed by atoms with Crippen LogP contribution in [0.3, 0.4) is 0 Å². The number of sulfone groups is 1. The lowest BCUT2D eigenvalue weighted by atomic mass is 10.1. The molecule has 0 radical (unpaired) electrons. The van der Waals surface area contributed by atoms with Gasteiger partial charge in [-0.15, -0.1) is 0 Å². The minimum Gasteiger partial charge on any atom is -0.224 e. The van der Waals surface area contributed by atoms with Crippen LogP contribution < -0.4 is 0 Å². The number of hydrogen-bond acceptors (Lipinski definition) is 2. The van der Waals surface area contributed by atoms with Crippen LogP contribution in [-0.2, 0) is 16.3 Å². The van der Waals surface area contributed by atoms with Gasteiger partial charge < -0.3 is 0 Å². The van der Waals surface area contributed by atoms with E-state index in [0.717, 1.165) is 17.5 Å². The van der Waals surface area contributed by atoms with Gasteiger partial charge in [-0.1, -0.05) is 19.1 Å². The van der Waals surface area contributed by atoms with Crippen molar-refractivity contribution in [2.45, 2.75) is 32.1 Å². The van der Waals surface area contributed by atoms with Crippen LogP contribution in [0.25, 0.3) is 0 Å². The molecule has 1 aromatic carbocycles. The van der Waals surface area contributed by atoms with Crippen molar-refractivity contribution >= 4 is 9.84 Å². The number of hydrogen-bond donors (Lipinski definition) is 0. The first-order valence-corrected chi connectivity index (χ1v) is 6.55. The molecule has 0 aromatic heterocycles. The van der Waals surface area contributed by atoms with E-state index >= 15 is 0 Å². The van der Waals surface area contributed by atoms with E-state index in [-0.39, 0.29) is 0 Å². The Bertz CT molecular complexity index is 421. The lowest BCUT2D eigenvalue weighted by molar-refractivity contribution is 0.600. The lowest BCUT2D eigenvalue weighted by Gasteiger charge is -2.09. The summed E-state index contributed by atoms with van der Waals surface area (Å²) in [6, 6.07) is 3.90. The molecule has 0 N–H and O–H groups in total. The molecule has 0 amide bonds. The van der Waals surface area contributed by atoms with Crippen molar-refractivity contribution in [1.82, 2.24) is 0 Å². The first kappa shape index (κ1) is 11.2. The van der Waals surface area contributed by atoms with E-state index in [9.17, 15) is 8.42 Å². The Morgan fingerprint density at radius 2 is 1.57 bits per heavy atom. The molecule has 0 aliphatic carbocycles. The van der Waals surface area contributed by atoms with Crippen molar-refractivity contribution in [2.24, 2.45) is 0 Å². The summed E-state index contributed by atoms with van der Waals surface area (Å²) in [7, 11) is -3.09. The molecule has 3 heteroatoms. The smallest absolute Gasteiger partial charge is 0.176 e. The first-order valence-electron chi connectivity index (χ1n) is 4.66. The molecule has 0 bridgehead atoms. The van der Waals surface area contributed by atoms with Gasteiger partial charge in [-0.25, -0.2) is 8.42 Å². The maximum atomic E-state index is 11.5. The van der Waals surface area contributed by atoms with E-state index in [2.05, 4.69) is 6.92 Å². The summed E-state index contributed by atoms with van der Waals surface area (Å²) in [4.78, 5) is 0.481. The second-order valence-electron chi connectivity index (χ2n) is 3.68. The highest BCUT2D eigenvalue weighted by atomic mass is 32.2. The molecule has 1 rings (SSSR count). The van der Waals surface area contributed by atoms with Gasteiger partial charge in [-0.05, 0) is 37.0 Å². The van der Waals surface area contributed by atoms with Crippen molar-refractivity contribution < 1.29 is 8.42 Å². The molecule has 0 unspecified atom stereocenters. The van der Waals surface area contributed by atoms with Gasteiger partial charge in [-0.3, -0.25) is 0 Å². The van der Waals surface area contributed by atoms with Crippen LogP contribution >= 0.6 is 0 Å². The Morgan fingerprint density at radius 3 is 1.86 bits per heavy atom. The molecule has 0 aliphatic rings. The third-order valence-corrected chi connectivity index (χ3v) is 3.68. The highest BCUT2D eigenvalue weighted by Gasteiger charge is 2.14. The molecule has 1 aromatic rings. The van der Waals surface area contributed by atoms with Crippen LogP contribution in [0.4, 0.5) is 0 Å². The quantitative estimate of drug-likeness (QED) is 0.753. The van der Waals surface area contributed by atoms with Crippen molar-refractivity contribution in [3.05, 3.63) is 28.8 Å². The van der Waals surface area contributed by atoms with E-state index < -0.39 is 9.84 Å². The van der Waals surface area contributed by atoms with Crippen LogP contribution in [0.1, 0.15) is 23.6 Å². The fourth-order valence-corrected chi connectivity index (χ4v) is 3.12. The predicted molar refractivity (Wildman–Crippen MR) is 58.4 cm³/mol. The predicted octanol–water partition coefficient (Wildman–Crippen LogP) is 2.27. The zero-order chi connectivity index (χ0) is 10.9. The van der Waals surface area contributed by atoms with Gasteiger partial charge in [0.1, 0.15) is 0 Å². The van der Waals surface area contributed by atoms with Crippen molar-refractivity contribution in [1.29, 1.82) is 0 Å². The fraction of sp³-hybridized carbons (Fsp3) is 0.455. The minimum atomic E-state index is -3.09. The molecule has 0 saturated heterocycles. The molecular formula is C11H16O2S. The van der Waals surface area contributed by atoms with Gasteiger partial charge in [0.2, 0.25) is 0 Å². The van der Waals surface area contributed by atoms with Crippen molar-refractivity contribution in [3.63, 3.8) is 0 Å². The minimum absolute atomic E-state index is 0.481. The molecular weight excluding hydrogens is 196 g/mol. The Balaban J connectivity index is 3.48. The summed E-state index contributed by atoms with van der Waals surface area (Å²) in [6.45, 7) is 5.76. The molecule has 14 heavy (non-hydrogen) atoms. The topological polar surface area (TPSA) is 34.1 Å². The number of rotatable bonds is 2. The zero-order valence-corrected chi connectivity index (χ0v) is 9.90. The van der Waals surface area contributed by atoms with Crippen LogP contribution in [0.5, 0.6) is 0 Å². The van der Waals surface area contributed by atoms with Gasteiger partial charge in [0.15, 0.2) is 9.84 Å². The van der Waals surface area contributed by atoms with Gasteiger partial charge in [0.05, 0.1) is 4.90 Å². The molecule has 2 nitrogen and oxygen atoms in total. The SMILES string of the molecule is CCc1cc(C)c(S(C)(=O)=O)c(C)c1. The lowest BCUT2D eigenvalue weighted by Crippen LogP contribution is -2.03. The summed E-state index contributed by atoms with van der Waals surface area (Å²) < 4.78 is 22.9. The Kier molecular flexibility index (Phi) is 3.00. The van der Waals surface area contributed by atoms with E-state index in [4.69, 9.17) is 0 Å². The third-order valence-electron chi connectivity index (χ3n) is 2.30. The molecule has 0 atom stereocenters. The Morgan fingerprint density at radius 1 is 1.14 bits per heavy atom. The van der Waals surface area contributed by atoms with Crippen molar-refractivity contribution in [2.75, 3.05) is 6.26 Å². The Hall–Kier alpha value is -0.830. The standard InChI is InChI=1S/C11H16O2S/c1-5-10-6-8(2)11(9(3)7-10)14(4,12)13/h6-7H,5H2,1-4H3. The number of benzene rings is 1. The largest absolute Gasteiger partial charge is 0.224 e. The number of aryl methyl sites for hydroxylation is 3. The van der Waals surface area contributed by atoms with Crippen LogP contribution in [0, 0.1) is 13.8 Å². The molecule has 78 valence electrons. The summed E-state index contributed by atoms with van der Waals surface area (Å²) in [6.07, 6.45) is 2.19. The molecule has 0 spiro atoms. The summed E-state index contributed by atoms with van der Waals surface area (Å²) in [5.74, 6) is 0. The molecule has 0 saturated carbocycles. The van der Waals surface area contributed by atoms with Gasteiger partial charge in [-0.2, -0.15) is 0 Å².